The number of halogens is 1. The van der Waals surface area contributed by atoms with E-state index in [0.29, 0.717) is 5.15 Å². The average Bonchev–Trinajstić information content (AvgIpc) is 2.37. The molecule has 0 saturated heterocycles. The summed E-state index contributed by atoms with van der Waals surface area (Å²) >= 11 is 6.11. The summed E-state index contributed by atoms with van der Waals surface area (Å²) in [7, 11) is 0. The molecule has 1 heterocycles. The van der Waals surface area contributed by atoms with Crippen LogP contribution in [0.15, 0.2) is 24.3 Å². The molecule has 0 saturated carbocycles. The molecule has 0 aliphatic carbocycles. The van der Waals surface area contributed by atoms with Gasteiger partial charge in [0.05, 0.1) is 0 Å². The van der Waals surface area contributed by atoms with E-state index < -0.39 is 0 Å². The highest BCUT2D eigenvalue weighted by Gasteiger charge is 2.09. The SMILES string of the molecule is CCc1nc(Cl)c(C)c(Nc2ccccc2C)n1. The van der Waals surface area contributed by atoms with Crippen molar-refractivity contribution in [3.63, 3.8) is 0 Å². The highest BCUT2D eigenvalue weighted by atomic mass is 35.5. The van der Waals surface area contributed by atoms with Gasteiger partial charge < -0.3 is 5.32 Å². The number of para-hydroxylation sites is 1. The monoisotopic (exact) mass is 261 g/mol. The number of rotatable bonds is 3. The van der Waals surface area contributed by atoms with Crippen LogP contribution in [0.3, 0.4) is 0 Å². The Bertz CT molecular complexity index is 567. The minimum atomic E-state index is 0.512. The Morgan fingerprint density at radius 3 is 2.56 bits per heavy atom. The first-order valence-electron chi connectivity index (χ1n) is 5.97. The van der Waals surface area contributed by atoms with Crippen molar-refractivity contribution in [2.75, 3.05) is 5.32 Å². The van der Waals surface area contributed by atoms with Crippen LogP contribution in [0.1, 0.15) is 23.9 Å². The molecule has 0 spiro atoms. The summed E-state index contributed by atoms with van der Waals surface area (Å²) in [6.07, 6.45) is 0.766. The van der Waals surface area contributed by atoms with Gasteiger partial charge in [-0.05, 0) is 25.5 Å². The standard InChI is InChI=1S/C14H16ClN3/c1-4-12-17-13(15)10(3)14(18-12)16-11-8-6-5-7-9(11)2/h5-8H,4H2,1-3H3,(H,16,17,18). The molecular weight excluding hydrogens is 246 g/mol. The Hall–Kier alpha value is -1.61. The zero-order chi connectivity index (χ0) is 13.1. The van der Waals surface area contributed by atoms with Gasteiger partial charge in [-0.3, -0.25) is 0 Å². The lowest BCUT2D eigenvalue weighted by molar-refractivity contribution is 0.934. The van der Waals surface area contributed by atoms with Crippen LogP contribution in [0, 0.1) is 13.8 Å². The quantitative estimate of drug-likeness (QED) is 0.847. The van der Waals surface area contributed by atoms with Gasteiger partial charge in [-0.1, -0.05) is 36.7 Å². The lowest BCUT2D eigenvalue weighted by Crippen LogP contribution is -2.03. The lowest BCUT2D eigenvalue weighted by atomic mass is 10.2. The maximum Gasteiger partial charge on any atom is 0.138 e. The Morgan fingerprint density at radius 1 is 1.17 bits per heavy atom. The van der Waals surface area contributed by atoms with Crippen molar-refractivity contribution in [2.45, 2.75) is 27.2 Å². The Balaban J connectivity index is 2.40. The molecule has 0 aliphatic heterocycles. The Morgan fingerprint density at radius 2 is 1.89 bits per heavy atom. The summed E-state index contributed by atoms with van der Waals surface area (Å²) < 4.78 is 0. The molecule has 0 bridgehead atoms. The predicted molar refractivity (Wildman–Crippen MR) is 75.6 cm³/mol. The number of benzene rings is 1. The molecule has 0 radical (unpaired) electrons. The summed E-state index contributed by atoms with van der Waals surface area (Å²) in [5.41, 5.74) is 3.08. The predicted octanol–water partition coefficient (Wildman–Crippen LogP) is 4.05. The summed E-state index contributed by atoms with van der Waals surface area (Å²) in [6, 6.07) is 8.09. The van der Waals surface area contributed by atoms with Crippen LogP contribution >= 0.6 is 11.6 Å². The van der Waals surface area contributed by atoms with Gasteiger partial charge in [-0.15, -0.1) is 0 Å². The van der Waals surface area contributed by atoms with E-state index in [0.717, 1.165) is 29.3 Å². The second-order valence-electron chi connectivity index (χ2n) is 4.20. The fraction of sp³-hybridized carbons (Fsp3) is 0.286. The van der Waals surface area contributed by atoms with Crippen molar-refractivity contribution >= 4 is 23.1 Å². The van der Waals surface area contributed by atoms with Gasteiger partial charge in [0.15, 0.2) is 0 Å². The van der Waals surface area contributed by atoms with E-state index in [1.165, 1.54) is 5.56 Å². The molecule has 1 aromatic carbocycles. The second kappa shape index (κ2) is 5.36. The van der Waals surface area contributed by atoms with Gasteiger partial charge in [-0.25, -0.2) is 9.97 Å². The fourth-order valence-corrected chi connectivity index (χ4v) is 1.84. The fourth-order valence-electron chi connectivity index (χ4n) is 1.65. The third-order valence-corrected chi connectivity index (χ3v) is 3.22. The molecule has 2 aromatic rings. The van der Waals surface area contributed by atoms with E-state index in [9.17, 15) is 0 Å². The molecule has 18 heavy (non-hydrogen) atoms. The van der Waals surface area contributed by atoms with Gasteiger partial charge in [-0.2, -0.15) is 0 Å². The summed E-state index contributed by atoms with van der Waals surface area (Å²) in [4.78, 5) is 8.71. The molecule has 1 aromatic heterocycles. The van der Waals surface area contributed by atoms with Crippen LogP contribution in [0.2, 0.25) is 5.15 Å². The Kier molecular flexibility index (Phi) is 3.82. The highest BCUT2D eigenvalue weighted by molar-refractivity contribution is 6.30. The number of hydrogen-bond acceptors (Lipinski definition) is 3. The maximum atomic E-state index is 6.11. The summed E-state index contributed by atoms with van der Waals surface area (Å²) in [5.74, 6) is 1.53. The first kappa shape index (κ1) is 12.8. The van der Waals surface area contributed by atoms with E-state index in [1.807, 2.05) is 32.0 Å². The van der Waals surface area contributed by atoms with Crippen LogP contribution in [0.4, 0.5) is 11.5 Å². The van der Waals surface area contributed by atoms with Gasteiger partial charge >= 0.3 is 0 Å². The average molecular weight is 262 g/mol. The van der Waals surface area contributed by atoms with Gasteiger partial charge in [0.1, 0.15) is 16.8 Å². The minimum Gasteiger partial charge on any atom is -0.340 e. The molecule has 4 heteroatoms. The largest absolute Gasteiger partial charge is 0.340 e. The zero-order valence-corrected chi connectivity index (χ0v) is 11.5. The van der Waals surface area contributed by atoms with Crippen LogP contribution in [-0.2, 0) is 6.42 Å². The third-order valence-electron chi connectivity index (χ3n) is 2.85. The normalized spacial score (nSPS) is 10.4. The molecule has 2 rings (SSSR count). The maximum absolute atomic E-state index is 6.11. The van der Waals surface area contributed by atoms with E-state index in [4.69, 9.17) is 11.6 Å². The molecular formula is C14H16ClN3. The zero-order valence-electron chi connectivity index (χ0n) is 10.8. The van der Waals surface area contributed by atoms with Crippen LogP contribution in [0.25, 0.3) is 0 Å². The molecule has 0 unspecified atom stereocenters. The first-order chi connectivity index (χ1) is 8.61. The van der Waals surface area contributed by atoms with E-state index >= 15 is 0 Å². The summed E-state index contributed by atoms with van der Waals surface area (Å²) in [5, 5.41) is 3.83. The van der Waals surface area contributed by atoms with Crippen molar-refractivity contribution in [2.24, 2.45) is 0 Å². The molecule has 3 nitrogen and oxygen atoms in total. The Labute approximate surface area is 112 Å². The number of anilines is 2. The smallest absolute Gasteiger partial charge is 0.138 e. The van der Waals surface area contributed by atoms with Gasteiger partial charge in [0, 0.05) is 17.7 Å². The van der Waals surface area contributed by atoms with Crippen molar-refractivity contribution < 1.29 is 0 Å². The van der Waals surface area contributed by atoms with Crippen LogP contribution in [-0.4, -0.2) is 9.97 Å². The van der Waals surface area contributed by atoms with Crippen molar-refractivity contribution in [3.05, 3.63) is 46.4 Å². The highest BCUT2D eigenvalue weighted by Crippen LogP contribution is 2.25. The first-order valence-corrected chi connectivity index (χ1v) is 6.35. The number of nitrogens with one attached hydrogen (secondary N) is 1. The van der Waals surface area contributed by atoms with Crippen LogP contribution in [0.5, 0.6) is 0 Å². The summed E-state index contributed by atoms with van der Waals surface area (Å²) in [6.45, 7) is 5.99. The molecule has 94 valence electrons. The van der Waals surface area contributed by atoms with Gasteiger partial charge in [0.2, 0.25) is 0 Å². The molecule has 0 aliphatic rings. The van der Waals surface area contributed by atoms with Crippen LogP contribution < -0.4 is 5.32 Å². The molecule has 0 amide bonds. The topological polar surface area (TPSA) is 37.8 Å². The number of aryl methyl sites for hydroxylation is 2. The number of nitrogens with zero attached hydrogens (tertiary/aromatic N) is 2. The number of aromatic nitrogens is 2. The van der Waals surface area contributed by atoms with Crippen molar-refractivity contribution in [1.29, 1.82) is 0 Å². The van der Waals surface area contributed by atoms with Crippen molar-refractivity contribution in [3.8, 4) is 0 Å². The molecule has 0 atom stereocenters. The van der Waals surface area contributed by atoms with E-state index in [1.54, 1.807) is 0 Å². The van der Waals surface area contributed by atoms with E-state index in [-0.39, 0.29) is 0 Å². The number of hydrogen-bond donors (Lipinski definition) is 1. The molecule has 1 N–H and O–H groups in total. The van der Waals surface area contributed by atoms with E-state index in [2.05, 4.69) is 28.3 Å². The third kappa shape index (κ3) is 2.62. The lowest BCUT2D eigenvalue weighted by Gasteiger charge is -2.12. The van der Waals surface area contributed by atoms with Crippen molar-refractivity contribution in [1.82, 2.24) is 9.97 Å². The molecule has 0 fully saturated rings. The van der Waals surface area contributed by atoms with Gasteiger partial charge in [0.25, 0.3) is 0 Å². The minimum absolute atomic E-state index is 0.512. The second-order valence-corrected chi connectivity index (χ2v) is 4.56.